The number of nitrogens with zero attached hydrogens (tertiary/aromatic N) is 1. The second-order valence-corrected chi connectivity index (χ2v) is 7.56. The number of rotatable bonds is 4. The van der Waals surface area contributed by atoms with Crippen LogP contribution < -0.4 is 5.32 Å². The number of hydrogen-bond acceptors (Lipinski definition) is 2. The van der Waals surface area contributed by atoms with Crippen LogP contribution in [0.3, 0.4) is 0 Å². The fourth-order valence-electron chi connectivity index (χ4n) is 3.22. The summed E-state index contributed by atoms with van der Waals surface area (Å²) in [5.41, 5.74) is 2.74. The van der Waals surface area contributed by atoms with Crippen molar-refractivity contribution in [2.75, 3.05) is 18.4 Å². The molecule has 0 spiro atoms. The average molecular weight is 387 g/mol. The molecule has 4 heteroatoms. The van der Waals surface area contributed by atoms with Gasteiger partial charge >= 0.3 is 0 Å². The topological polar surface area (TPSA) is 32.3 Å². The summed E-state index contributed by atoms with van der Waals surface area (Å²) in [4.78, 5) is 14.8. The molecule has 1 amide bonds. The number of nitrogens with one attached hydrogen (secondary N) is 1. The molecule has 3 nitrogen and oxygen atoms in total. The Morgan fingerprint density at radius 3 is 2.75 bits per heavy atom. The van der Waals surface area contributed by atoms with E-state index < -0.39 is 0 Å². The summed E-state index contributed by atoms with van der Waals surface area (Å²) in [5, 5.41) is 2.93. The van der Waals surface area contributed by atoms with Crippen LogP contribution in [-0.2, 0) is 6.54 Å². The van der Waals surface area contributed by atoms with Gasteiger partial charge in [-0.25, -0.2) is 0 Å². The summed E-state index contributed by atoms with van der Waals surface area (Å²) in [7, 11) is 0. The number of hydrogen-bond donors (Lipinski definition) is 1. The summed E-state index contributed by atoms with van der Waals surface area (Å²) in [6.45, 7) is 5.64. The summed E-state index contributed by atoms with van der Waals surface area (Å²) in [6.07, 6.45) is 2.62. The van der Waals surface area contributed by atoms with E-state index in [1.807, 2.05) is 36.4 Å². The van der Waals surface area contributed by atoms with Gasteiger partial charge in [0.2, 0.25) is 0 Å². The van der Waals surface area contributed by atoms with Crippen molar-refractivity contribution in [3.8, 4) is 0 Å². The van der Waals surface area contributed by atoms with Crippen LogP contribution in [-0.4, -0.2) is 23.9 Å². The molecule has 2 aromatic rings. The van der Waals surface area contributed by atoms with Crippen LogP contribution in [0, 0.1) is 5.92 Å². The maximum Gasteiger partial charge on any atom is 0.255 e. The molecule has 0 bridgehead atoms. The lowest BCUT2D eigenvalue weighted by Gasteiger charge is -2.30. The minimum absolute atomic E-state index is 0.0776. The number of likely N-dealkylation sites (tertiary alicyclic amines) is 1. The second-order valence-electron chi connectivity index (χ2n) is 6.64. The maximum atomic E-state index is 12.3. The smallest absolute Gasteiger partial charge is 0.255 e. The molecule has 1 N–H and O–H groups in total. The van der Waals surface area contributed by atoms with E-state index in [-0.39, 0.29) is 5.91 Å². The molecule has 1 saturated heterocycles. The van der Waals surface area contributed by atoms with Gasteiger partial charge in [-0.1, -0.05) is 41.1 Å². The van der Waals surface area contributed by atoms with Crippen molar-refractivity contribution in [2.24, 2.45) is 5.92 Å². The highest BCUT2D eigenvalue weighted by Crippen LogP contribution is 2.19. The monoisotopic (exact) mass is 386 g/mol. The SMILES string of the molecule is C[C@@H]1CCCN(Cc2ccc(C(=O)Nc3cccc(Br)c3)cc2)C1. The molecule has 0 aromatic heterocycles. The van der Waals surface area contributed by atoms with Gasteiger partial charge < -0.3 is 5.32 Å². The van der Waals surface area contributed by atoms with Crippen molar-refractivity contribution in [3.63, 3.8) is 0 Å². The minimum Gasteiger partial charge on any atom is -0.322 e. The third-order valence-electron chi connectivity index (χ3n) is 4.45. The first kappa shape index (κ1) is 17.2. The number of carbonyl (C=O) groups excluding carboxylic acids is 1. The lowest BCUT2D eigenvalue weighted by atomic mass is 9.99. The van der Waals surface area contributed by atoms with Crippen LogP contribution in [0.25, 0.3) is 0 Å². The number of piperidine rings is 1. The average Bonchev–Trinajstić information content (AvgIpc) is 2.55. The number of anilines is 1. The molecule has 1 aliphatic heterocycles. The van der Waals surface area contributed by atoms with Gasteiger partial charge in [-0.05, 0) is 61.2 Å². The Balaban J connectivity index is 1.60. The molecule has 24 heavy (non-hydrogen) atoms. The second kappa shape index (κ2) is 7.95. The fraction of sp³-hybridized carbons (Fsp3) is 0.350. The Labute approximate surface area is 152 Å². The molecule has 1 heterocycles. The Bertz CT molecular complexity index is 699. The predicted octanol–water partition coefficient (Wildman–Crippen LogP) is 4.93. The lowest BCUT2D eigenvalue weighted by Crippen LogP contribution is -2.33. The Morgan fingerprint density at radius 2 is 2.04 bits per heavy atom. The molecule has 3 rings (SSSR count). The molecule has 126 valence electrons. The van der Waals surface area contributed by atoms with Crippen LogP contribution in [0.2, 0.25) is 0 Å². The molecule has 1 fully saturated rings. The van der Waals surface area contributed by atoms with Crippen molar-refractivity contribution >= 4 is 27.5 Å². The zero-order valence-corrected chi connectivity index (χ0v) is 15.6. The third kappa shape index (κ3) is 4.68. The first-order chi connectivity index (χ1) is 11.6. The first-order valence-electron chi connectivity index (χ1n) is 8.48. The zero-order chi connectivity index (χ0) is 16.9. The van der Waals surface area contributed by atoms with Gasteiger partial charge in [0.05, 0.1) is 0 Å². The Morgan fingerprint density at radius 1 is 1.25 bits per heavy atom. The van der Waals surface area contributed by atoms with Gasteiger partial charge in [0.25, 0.3) is 5.91 Å². The minimum atomic E-state index is -0.0776. The summed E-state index contributed by atoms with van der Waals surface area (Å²) < 4.78 is 0.950. The highest BCUT2D eigenvalue weighted by atomic mass is 79.9. The molecule has 2 aromatic carbocycles. The lowest BCUT2D eigenvalue weighted by molar-refractivity contribution is 0.102. The highest BCUT2D eigenvalue weighted by Gasteiger charge is 2.16. The van der Waals surface area contributed by atoms with Crippen LogP contribution in [0.5, 0.6) is 0 Å². The van der Waals surface area contributed by atoms with E-state index in [1.54, 1.807) is 0 Å². The van der Waals surface area contributed by atoms with Gasteiger partial charge in [0, 0.05) is 28.8 Å². The van der Waals surface area contributed by atoms with E-state index in [9.17, 15) is 4.79 Å². The standard InChI is InChI=1S/C20H23BrN2O/c1-15-4-3-11-23(13-15)14-16-7-9-17(10-8-16)20(24)22-19-6-2-5-18(21)12-19/h2,5-10,12,15H,3-4,11,13-14H2,1H3,(H,22,24)/t15-/m1/s1. The quantitative estimate of drug-likeness (QED) is 0.807. The van der Waals surface area contributed by atoms with E-state index >= 15 is 0 Å². The number of amides is 1. The summed E-state index contributed by atoms with van der Waals surface area (Å²) in [6, 6.07) is 15.6. The maximum absolute atomic E-state index is 12.3. The van der Waals surface area contributed by atoms with Crippen molar-refractivity contribution in [1.29, 1.82) is 0 Å². The van der Waals surface area contributed by atoms with Gasteiger partial charge in [-0.3, -0.25) is 9.69 Å². The van der Waals surface area contributed by atoms with Gasteiger partial charge in [-0.2, -0.15) is 0 Å². The molecule has 0 saturated carbocycles. The van der Waals surface area contributed by atoms with Crippen molar-refractivity contribution in [1.82, 2.24) is 4.90 Å². The van der Waals surface area contributed by atoms with Crippen LogP contribution in [0.15, 0.2) is 53.0 Å². The molecule has 0 aliphatic carbocycles. The Kier molecular flexibility index (Phi) is 5.69. The molecule has 0 radical (unpaired) electrons. The largest absolute Gasteiger partial charge is 0.322 e. The van der Waals surface area contributed by atoms with E-state index in [4.69, 9.17) is 0 Å². The number of benzene rings is 2. The summed E-state index contributed by atoms with van der Waals surface area (Å²) in [5.74, 6) is 0.709. The normalized spacial score (nSPS) is 18.3. The zero-order valence-electron chi connectivity index (χ0n) is 14.0. The van der Waals surface area contributed by atoms with E-state index in [0.717, 1.165) is 22.6 Å². The number of halogens is 1. The van der Waals surface area contributed by atoms with Crippen molar-refractivity contribution < 1.29 is 4.79 Å². The van der Waals surface area contributed by atoms with E-state index in [1.165, 1.54) is 31.5 Å². The predicted molar refractivity (Wildman–Crippen MR) is 102 cm³/mol. The van der Waals surface area contributed by atoms with Gasteiger partial charge in [0.1, 0.15) is 0 Å². The fourth-order valence-corrected chi connectivity index (χ4v) is 3.62. The summed E-state index contributed by atoms with van der Waals surface area (Å²) >= 11 is 3.41. The van der Waals surface area contributed by atoms with Crippen molar-refractivity contribution in [2.45, 2.75) is 26.3 Å². The van der Waals surface area contributed by atoms with Gasteiger partial charge in [-0.15, -0.1) is 0 Å². The Hall–Kier alpha value is -1.65. The molecule has 1 aliphatic rings. The van der Waals surface area contributed by atoms with Crippen LogP contribution >= 0.6 is 15.9 Å². The molecule has 1 atom stereocenters. The molecular formula is C20H23BrN2O. The highest BCUT2D eigenvalue weighted by molar-refractivity contribution is 9.10. The molecule has 0 unspecified atom stereocenters. The van der Waals surface area contributed by atoms with Crippen LogP contribution in [0.1, 0.15) is 35.7 Å². The first-order valence-corrected chi connectivity index (χ1v) is 9.27. The van der Waals surface area contributed by atoms with E-state index in [0.29, 0.717) is 5.56 Å². The third-order valence-corrected chi connectivity index (χ3v) is 4.94. The van der Waals surface area contributed by atoms with Gasteiger partial charge in [0.15, 0.2) is 0 Å². The van der Waals surface area contributed by atoms with Crippen molar-refractivity contribution in [3.05, 3.63) is 64.1 Å². The van der Waals surface area contributed by atoms with Crippen LogP contribution in [0.4, 0.5) is 5.69 Å². The number of carbonyl (C=O) groups is 1. The van der Waals surface area contributed by atoms with E-state index in [2.05, 4.69) is 45.2 Å². The molecular weight excluding hydrogens is 364 g/mol.